The van der Waals surface area contributed by atoms with E-state index in [1.165, 1.54) is 0 Å². The van der Waals surface area contributed by atoms with Gasteiger partial charge in [-0.2, -0.15) is 0 Å². The Balaban J connectivity index is 2.60. The van der Waals surface area contributed by atoms with Gasteiger partial charge in [0.25, 0.3) is 0 Å². The molecule has 0 aromatic heterocycles. The summed E-state index contributed by atoms with van der Waals surface area (Å²) in [7, 11) is 0. The first-order valence-electron chi connectivity index (χ1n) is 6.45. The normalized spacial score (nSPS) is 11.1. The fraction of sp³-hybridized carbons (Fsp3) is 0.429. The molecule has 0 aliphatic heterocycles. The second-order valence-electron chi connectivity index (χ2n) is 5.33. The van der Waals surface area contributed by atoms with E-state index in [0.29, 0.717) is 16.5 Å². The third-order valence-electron chi connectivity index (χ3n) is 2.76. The first kappa shape index (κ1) is 17.8. The molecule has 0 saturated carbocycles. The summed E-state index contributed by atoms with van der Waals surface area (Å²) >= 11 is 12.0. The van der Waals surface area contributed by atoms with Gasteiger partial charge in [-0.1, -0.05) is 29.3 Å². The van der Waals surface area contributed by atoms with E-state index in [1.807, 2.05) is 19.9 Å². The Labute approximate surface area is 134 Å². The van der Waals surface area contributed by atoms with Crippen molar-refractivity contribution in [1.82, 2.24) is 10.6 Å². The van der Waals surface area contributed by atoms with Gasteiger partial charge in [-0.3, -0.25) is 9.59 Å². The van der Waals surface area contributed by atoms with Gasteiger partial charge >= 0.3 is 0 Å². The first-order valence-corrected chi connectivity index (χ1v) is 7.21. The summed E-state index contributed by atoms with van der Waals surface area (Å²) in [6, 6.07) is 5.24. The maximum atomic E-state index is 11.8. The summed E-state index contributed by atoms with van der Waals surface area (Å²) in [6.45, 7) is 3.51. The Hall–Kier alpha value is -1.30. The molecule has 116 valence electrons. The Morgan fingerprint density at radius 1 is 1.24 bits per heavy atom. The highest BCUT2D eigenvalue weighted by atomic mass is 35.5. The second-order valence-corrected chi connectivity index (χ2v) is 6.17. The highest BCUT2D eigenvalue weighted by Crippen LogP contribution is 2.24. The lowest BCUT2D eigenvalue weighted by atomic mass is 9.95. The molecule has 0 heterocycles. The highest BCUT2D eigenvalue weighted by molar-refractivity contribution is 6.35. The number of amides is 2. The minimum absolute atomic E-state index is 0.103. The van der Waals surface area contributed by atoms with Gasteiger partial charge in [0.1, 0.15) is 0 Å². The molecule has 7 heteroatoms. The van der Waals surface area contributed by atoms with Crippen molar-refractivity contribution in [1.29, 1.82) is 0 Å². The van der Waals surface area contributed by atoms with Gasteiger partial charge in [0, 0.05) is 15.6 Å². The van der Waals surface area contributed by atoms with Gasteiger partial charge in [0.2, 0.25) is 11.8 Å². The van der Waals surface area contributed by atoms with Crippen LogP contribution in [0, 0.1) is 0 Å². The minimum atomic E-state index is -0.512. The Kier molecular flexibility index (Phi) is 6.45. The van der Waals surface area contributed by atoms with Crippen molar-refractivity contribution in [2.24, 2.45) is 5.73 Å². The van der Waals surface area contributed by atoms with Gasteiger partial charge in [0.15, 0.2) is 0 Å². The molecule has 0 atom stereocenters. The summed E-state index contributed by atoms with van der Waals surface area (Å²) < 4.78 is 0. The molecule has 4 N–H and O–H groups in total. The standard InChI is InChI=1S/C14H19Cl2N3O2/c1-14(2,19-13(21)8-18-12(20)7-17)6-9-3-4-10(15)5-11(9)16/h3-5H,6-8,17H2,1-2H3,(H,18,20)(H,19,21). The van der Waals surface area contributed by atoms with Crippen LogP contribution in [0.15, 0.2) is 18.2 Å². The number of benzene rings is 1. The van der Waals surface area contributed by atoms with Crippen LogP contribution in [0.25, 0.3) is 0 Å². The van der Waals surface area contributed by atoms with Crippen LogP contribution in [-0.2, 0) is 16.0 Å². The van der Waals surface area contributed by atoms with Gasteiger partial charge in [-0.15, -0.1) is 0 Å². The smallest absolute Gasteiger partial charge is 0.239 e. The summed E-state index contributed by atoms with van der Waals surface area (Å²) in [4.78, 5) is 22.8. The molecule has 1 aromatic rings. The number of halogens is 2. The molecule has 0 aliphatic carbocycles. The molecule has 0 fully saturated rings. The largest absolute Gasteiger partial charge is 0.349 e. The number of nitrogens with one attached hydrogen (secondary N) is 2. The van der Waals surface area contributed by atoms with Crippen molar-refractivity contribution in [2.45, 2.75) is 25.8 Å². The topological polar surface area (TPSA) is 84.2 Å². The molecule has 1 aromatic carbocycles. The number of carbonyl (C=O) groups excluding carboxylic acids is 2. The Bertz CT molecular complexity index is 533. The van der Waals surface area contributed by atoms with Gasteiger partial charge in [-0.25, -0.2) is 0 Å². The molecule has 0 bridgehead atoms. The van der Waals surface area contributed by atoms with Crippen molar-refractivity contribution in [3.8, 4) is 0 Å². The number of carbonyl (C=O) groups is 2. The molecule has 0 saturated heterocycles. The average Bonchev–Trinajstić information content (AvgIpc) is 2.38. The monoisotopic (exact) mass is 331 g/mol. The van der Waals surface area contributed by atoms with Crippen molar-refractivity contribution in [2.75, 3.05) is 13.1 Å². The van der Waals surface area contributed by atoms with Crippen LogP contribution in [0.2, 0.25) is 10.0 Å². The summed E-state index contributed by atoms with van der Waals surface area (Å²) in [6.07, 6.45) is 0.541. The van der Waals surface area contributed by atoms with Gasteiger partial charge in [0.05, 0.1) is 13.1 Å². The first-order chi connectivity index (χ1) is 9.73. The summed E-state index contributed by atoms with van der Waals surface area (Å²) in [5.41, 5.74) is 5.52. The maximum absolute atomic E-state index is 11.8. The molecule has 5 nitrogen and oxygen atoms in total. The van der Waals surface area contributed by atoms with E-state index >= 15 is 0 Å². The van der Waals surface area contributed by atoms with Crippen LogP contribution in [0.4, 0.5) is 0 Å². The zero-order valence-electron chi connectivity index (χ0n) is 12.0. The van der Waals surface area contributed by atoms with E-state index in [0.717, 1.165) is 5.56 Å². The molecule has 0 radical (unpaired) electrons. The lowest BCUT2D eigenvalue weighted by molar-refractivity contribution is -0.126. The summed E-state index contributed by atoms with van der Waals surface area (Å²) in [5, 5.41) is 6.38. The lowest BCUT2D eigenvalue weighted by Crippen LogP contribution is -2.49. The van der Waals surface area contributed by atoms with Crippen LogP contribution >= 0.6 is 23.2 Å². The van der Waals surface area contributed by atoms with E-state index in [-0.39, 0.29) is 24.9 Å². The maximum Gasteiger partial charge on any atom is 0.239 e. The third kappa shape index (κ3) is 6.33. The molecule has 0 unspecified atom stereocenters. The zero-order chi connectivity index (χ0) is 16.0. The van der Waals surface area contributed by atoms with Crippen molar-refractivity contribution in [3.05, 3.63) is 33.8 Å². The van der Waals surface area contributed by atoms with Crippen LogP contribution in [0.1, 0.15) is 19.4 Å². The fourth-order valence-electron chi connectivity index (χ4n) is 1.86. The fourth-order valence-corrected chi connectivity index (χ4v) is 2.33. The van der Waals surface area contributed by atoms with E-state index in [1.54, 1.807) is 12.1 Å². The van der Waals surface area contributed by atoms with Crippen molar-refractivity contribution >= 4 is 35.0 Å². The molecule has 2 amide bonds. The van der Waals surface area contributed by atoms with Gasteiger partial charge in [-0.05, 0) is 38.0 Å². The lowest BCUT2D eigenvalue weighted by Gasteiger charge is -2.27. The second kappa shape index (κ2) is 7.64. The minimum Gasteiger partial charge on any atom is -0.349 e. The Morgan fingerprint density at radius 2 is 1.90 bits per heavy atom. The Morgan fingerprint density at radius 3 is 2.48 bits per heavy atom. The molecule has 0 aliphatic rings. The van der Waals surface area contributed by atoms with E-state index in [4.69, 9.17) is 28.9 Å². The van der Waals surface area contributed by atoms with Crippen molar-refractivity contribution in [3.63, 3.8) is 0 Å². The number of hydrogen-bond donors (Lipinski definition) is 3. The molecule has 1 rings (SSSR count). The zero-order valence-corrected chi connectivity index (χ0v) is 13.5. The summed E-state index contributed by atoms with van der Waals surface area (Å²) in [5.74, 6) is -0.657. The predicted molar refractivity (Wildman–Crippen MR) is 84.5 cm³/mol. The SMILES string of the molecule is CC(C)(Cc1ccc(Cl)cc1Cl)NC(=O)CNC(=O)CN. The highest BCUT2D eigenvalue weighted by Gasteiger charge is 2.22. The molecule has 21 heavy (non-hydrogen) atoms. The van der Waals surface area contributed by atoms with E-state index < -0.39 is 5.54 Å². The van der Waals surface area contributed by atoms with Crippen LogP contribution in [0.3, 0.4) is 0 Å². The van der Waals surface area contributed by atoms with E-state index in [2.05, 4.69) is 10.6 Å². The van der Waals surface area contributed by atoms with Crippen LogP contribution in [-0.4, -0.2) is 30.4 Å². The molecular formula is C14H19Cl2N3O2. The van der Waals surface area contributed by atoms with Crippen LogP contribution in [0.5, 0.6) is 0 Å². The van der Waals surface area contributed by atoms with E-state index in [9.17, 15) is 9.59 Å². The van der Waals surface area contributed by atoms with Crippen molar-refractivity contribution < 1.29 is 9.59 Å². The average molecular weight is 332 g/mol. The third-order valence-corrected chi connectivity index (χ3v) is 3.34. The van der Waals surface area contributed by atoms with Crippen LogP contribution < -0.4 is 16.4 Å². The number of nitrogens with two attached hydrogens (primary N) is 1. The predicted octanol–water partition coefficient (Wildman–Crippen LogP) is 1.51. The number of rotatable bonds is 6. The molecule has 0 spiro atoms. The van der Waals surface area contributed by atoms with Gasteiger partial charge < -0.3 is 16.4 Å². The quantitative estimate of drug-likeness (QED) is 0.738. The number of hydrogen-bond acceptors (Lipinski definition) is 3. The molecular weight excluding hydrogens is 313 g/mol.